The molecule has 1 aliphatic heterocycles. The number of hydrogen-bond acceptors (Lipinski definition) is 2. The van der Waals surface area contributed by atoms with Crippen molar-refractivity contribution in [3.05, 3.63) is 0 Å². The van der Waals surface area contributed by atoms with E-state index in [1.165, 1.54) is 0 Å². The van der Waals surface area contributed by atoms with E-state index in [9.17, 15) is 4.79 Å². The zero-order valence-electron chi connectivity index (χ0n) is 8.02. The van der Waals surface area contributed by atoms with Crippen molar-refractivity contribution in [2.24, 2.45) is 0 Å². The van der Waals surface area contributed by atoms with Crippen molar-refractivity contribution in [1.29, 1.82) is 0 Å². The lowest BCUT2D eigenvalue weighted by Crippen LogP contribution is -2.47. The van der Waals surface area contributed by atoms with Gasteiger partial charge >= 0.3 is 0 Å². The number of methoxy groups -OCH3 is 1. The second-order valence-electron chi connectivity index (χ2n) is 3.53. The fourth-order valence-electron chi connectivity index (χ4n) is 1.61. The fraction of sp³-hybridized carbons (Fsp3) is 0.889. The van der Waals surface area contributed by atoms with Gasteiger partial charge in [-0.05, 0) is 19.8 Å². The van der Waals surface area contributed by atoms with E-state index in [0.29, 0.717) is 6.42 Å². The first-order chi connectivity index (χ1) is 5.62. The molecule has 2 unspecified atom stereocenters. The normalized spacial score (nSPS) is 28.2. The van der Waals surface area contributed by atoms with Gasteiger partial charge in [0.05, 0.1) is 11.6 Å². The van der Waals surface area contributed by atoms with Crippen LogP contribution in [0.4, 0.5) is 0 Å². The number of carbonyl (C=O) groups is 1. The maximum atomic E-state index is 11.0. The van der Waals surface area contributed by atoms with Crippen LogP contribution in [0.5, 0.6) is 0 Å². The monoisotopic (exact) mass is 171 g/mol. The van der Waals surface area contributed by atoms with E-state index < -0.39 is 0 Å². The Morgan fingerprint density at radius 2 is 2.42 bits per heavy atom. The summed E-state index contributed by atoms with van der Waals surface area (Å²) in [4.78, 5) is 11.0. The minimum absolute atomic E-state index is 0.150. The second-order valence-corrected chi connectivity index (χ2v) is 3.53. The molecule has 1 aliphatic rings. The summed E-state index contributed by atoms with van der Waals surface area (Å²) in [6.07, 6.45) is 2.47. The Labute approximate surface area is 73.5 Å². The van der Waals surface area contributed by atoms with Gasteiger partial charge < -0.3 is 10.1 Å². The lowest BCUT2D eigenvalue weighted by Gasteiger charge is -2.32. The first kappa shape index (κ1) is 9.52. The summed E-state index contributed by atoms with van der Waals surface area (Å²) in [5, 5.41) is 2.93. The summed E-state index contributed by atoms with van der Waals surface area (Å²) in [5.74, 6) is 0.150. The van der Waals surface area contributed by atoms with E-state index >= 15 is 0 Å². The van der Waals surface area contributed by atoms with Crippen LogP contribution in [0.3, 0.4) is 0 Å². The van der Waals surface area contributed by atoms with Gasteiger partial charge in [-0.1, -0.05) is 6.92 Å². The van der Waals surface area contributed by atoms with Crippen LogP contribution in [-0.4, -0.2) is 24.7 Å². The lowest BCUT2D eigenvalue weighted by molar-refractivity contribution is -0.120. The van der Waals surface area contributed by atoms with Crippen LogP contribution in [0.1, 0.15) is 33.1 Å². The molecule has 0 bridgehead atoms. The van der Waals surface area contributed by atoms with Crippen molar-refractivity contribution in [3.63, 3.8) is 0 Å². The van der Waals surface area contributed by atoms with Gasteiger partial charge in [0.15, 0.2) is 0 Å². The number of hydrogen-bond donors (Lipinski definition) is 1. The van der Waals surface area contributed by atoms with Crippen LogP contribution in [0, 0.1) is 0 Å². The maximum absolute atomic E-state index is 11.0. The smallest absolute Gasteiger partial charge is 0.220 e. The molecule has 0 radical (unpaired) electrons. The Kier molecular flexibility index (Phi) is 2.73. The van der Waals surface area contributed by atoms with Crippen LogP contribution in [0.25, 0.3) is 0 Å². The van der Waals surface area contributed by atoms with Crippen LogP contribution in [-0.2, 0) is 9.53 Å². The van der Waals surface area contributed by atoms with E-state index in [2.05, 4.69) is 12.2 Å². The molecule has 3 nitrogen and oxygen atoms in total. The molecule has 1 heterocycles. The van der Waals surface area contributed by atoms with Crippen LogP contribution < -0.4 is 5.32 Å². The summed E-state index contributed by atoms with van der Waals surface area (Å²) >= 11 is 0. The van der Waals surface area contributed by atoms with Crippen LogP contribution >= 0.6 is 0 Å². The standard InChI is InChI=1S/C9H17NO2/c1-4-9(2,12-3)7-5-6-8(11)10-7/h7H,4-6H2,1-3H3,(H,10,11). The van der Waals surface area contributed by atoms with Gasteiger partial charge in [0.1, 0.15) is 0 Å². The van der Waals surface area contributed by atoms with Crippen LogP contribution in [0.15, 0.2) is 0 Å². The van der Waals surface area contributed by atoms with E-state index in [1.54, 1.807) is 7.11 Å². The molecule has 0 saturated carbocycles. The van der Waals surface area contributed by atoms with Crippen molar-refractivity contribution in [2.75, 3.05) is 7.11 Å². The highest BCUT2D eigenvalue weighted by atomic mass is 16.5. The van der Waals surface area contributed by atoms with Gasteiger partial charge in [-0.2, -0.15) is 0 Å². The number of amides is 1. The molecule has 2 atom stereocenters. The van der Waals surface area contributed by atoms with Crippen molar-refractivity contribution < 1.29 is 9.53 Å². The Hall–Kier alpha value is -0.570. The zero-order chi connectivity index (χ0) is 9.19. The largest absolute Gasteiger partial charge is 0.376 e. The van der Waals surface area contributed by atoms with Gasteiger partial charge in [-0.3, -0.25) is 4.79 Å². The van der Waals surface area contributed by atoms with E-state index in [-0.39, 0.29) is 17.6 Å². The van der Waals surface area contributed by atoms with Gasteiger partial charge in [-0.25, -0.2) is 0 Å². The average Bonchev–Trinajstić information content (AvgIpc) is 2.51. The number of ether oxygens (including phenoxy) is 1. The Bertz CT molecular complexity index is 175. The number of carbonyl (C=O) groups excluding carboxylic acids is 1. The third-order valence-corrected chi connectivity index (χ3v) is 2.90. The number of rotatable bonds is 3. The molecule has 1 rings (SSSR count). The quantitative estimate of drug-likeness (QED) is 0.690. The van der Waals surface area contributed by atoms with Gasteiger partial charge in [-0.15, -0.1) is 0 Å². The average molecular weight is 171 g/mol. The first-order valence-electron chi connectivity index (χ1n) is 4.47. The number of nitrogens with one attached hydrogen (secondary N) is 1. The molecule has 3 heteroatoms. The third kappa shape index (κ3) is 1.61. The highest BCUT2D eigenvalue weighted by Crippen LogP contribution is 2.25. The maximum Gasteiger partial charge on any atom is 0.220 e. The Morgan fingerprint density at radius 1 is 1.75 bits per heavy atom. The molecule has 1 fully saturated rings. The molecule has 0 aromatic rings. The first-order valence-corrected chi connectivity index (χ1v) is 4.47. The van der Waals surface area contributed by atoms with Gasteiger partial charge in [0, 0.05) is 13.5 Å². The van der Waals surface area contributed by atoms with Crippen LogP contribution in [0.2, 0.25) is 0 Å². The summed E-state index contributed by atoms with van der Waals surface area (Å²) in [5.41, 5.74) is -0.188. The second kappa shape index (κ2) is 3.44. The van der Waals surface area contributed by atoms with E-state index in [4.69, 9.17) is 4.74 Å². The minimum atomic E-state index is -0.188. The molecular formula is C9H17NO2. The molecular weight excluding hydrogens is 154 g/mol. The zero-order valence-corrected chi connectivity index (χ0v) is 8.02. The van der Waals surface area contributed by atoms with Gasteiger partial charge in [0.25, 0.3) is 0 Å². The SMILES string of the molecule is CCC(C)(OC)C1CCC(=O)N1. The highest BCUT2D eigenvalue weighted by Gasteiger charge is 2.37. The Morgan fingerprint density at radius 3 is 2.75 bits per heavy atom. The highest BCUT2D eigenvalue weighted by molar-refractivity contribution is 5.78. The molecule has 0 spiro atoms. The summed E-state index contributed by atoms with van der Waals surface area (Å²) in [7, 11) is 1.70. The molecule has 1 N–H and O–H groups in total. The van der Waals surface area contributed by atoms with E-state index in [0.717, 1.165) is 12.8 Å². The fourth-order valence-corrected chi connectivity index (χ4v) is 1.61. The topological polar surface area (TPSA) is 38.3 Å². The molecule has 0 aromatic carbocycles. The third-order valence-electron chi connectivity index (χ3n) is 2.90. The molecule has 0 aliphatic carbocycles. The summed E-state index contributed by atoms with van der Waals surface area (Å²) < 4.78 is 5.40. The van der Waals surface area contributed by atoms with Crippen molar-refractivity contribution >= 4 is 5.91 Å². The summed E-state index contributed by atoms with van der Waals surface area (Å²) in [6.45, 7) is 4.12. The molecule has 1 amide bonds. The van der Waals surface area contributed by atoms with Crippen molar-refractivity contribution in [1.82, 2.24) is 5.32 Å². The molecule has 12 heavy (non-hydrogen) atoms. The van der Waals surface area contributed by atoms with Gasteiger partial charge in [0.2, 0.25) is 5.91 Å². The predicted molar refractivity (Wildman–Crippen MR) is 46.9 cm³/mol. The predicted octanol–water partition coefficient (Wildman–Crippen LogP) is 1.08. The lowest BCUT2D eigenvalue weighted by atomic mass is 9.92. The minimum Gasteiger partial charge on any atom is -0.376 e. The van der Waals surface area contributed by atoms with Crippen molar-refractivity contribution in [2.45, 2.75) is 44.8 Å². The summed E-state index contributed by atoms with van der Waals surface area (Å²) in [6, 6.07) is 0.194. The van der Waals surface area contributed by atoms with Crippen molar-refractivity contribution in [3.8, 4) is 0 Å². The molecule has 70 valence electrons. The molecule has 0 aromatic heterocycles. The molecule has 1 saturated heterocycles. The van der Waals surface area contributed by atoms with E-state index in [1.807, 2.05) is 6.92 Å². The Balaban J connectivity index is 2.61.